The molecule has 0 radical (unpaired) electrons. The molecule has 0 aliphatic carbocycles. The maximum absolute atomic E-state index is 11.5. The zero-order valence-electron chi connectivity index (χ0n) is 25.6. The second-order valence-electron chi connectivity index (χ2n) is 10.4. The Morgan fingerprint density at radius 3 is 0.825 bits per heavy atom. The fourth-order valence-corrected chi connectivity index (χ4v) is 4.31. The number of carboxylic acid groups (broad SMARTS) is 2. The minimum Gasteiger partial charge on any atom is -0.450 e. The number of hydrogen-bond acceptors (Lipinski definition) is 7. The first-order valence-electron chi connectivity index (χ1n) is 16.0. The lowest BCUT2D eigenvalue weighted by Crippen LogP contribution is -2.14. The Labute approximate surface area is 243 Å². The largest absolute Gasteiger partial charge is 0.549 e. The molecule has 0 aromatic rings. The molecule has 0 atom stereocenters. The van der Waals surface area contributed by atoms with Crippen molar-refractivity contribution in [3.05, 3.63) is 0 Å². The van der Waals surface area contributed by atoms with Crippen LogP contribution < -0.4 is 0 Å². The third kappa shape index (κ3) is 40.3. The first kappa shape index (κ1) is 40.0. The number of carbonyl (C=O) groups is 3. The van der Waals surface area contributed by atoms with Gasteiger partial charge in [0.05, 0.1) is 13.2 Å². The van der Waals surface area contributed by atoms with E-state index in [-0.39, 0.29) is 13.2 Å². The first-order valence-corrected chi connectivity index (χ1v) is 16.0. The fourth-order valence-electron chi connectivity index (χ4n) is 4.31. The van der Waals surface area contributed by atoms with Crippen molar-refractivity contribution >= 4 is 18.5 Å². The van der Waals surface area contributed by atoms with Gasteiger partial charge in [-0.2, -0.15) is 19.4 Å². The zero-order valence-corrected chi connectivity index (χ0v) is 25.6. The number of ether oxygens (including phenoxy) is 2. The monoisotopic (exact) mass is 576 g/mol. The molecule has 0 aliphatic heterocycles. The molecule has 0 saturated heterocycles. The van der Waals surface area contributed by atoms with Crippen LogP contribution in [0.5, 0.6) is 0 Å². The van der Waals surface area contributed by atoms with Crippen LogP contribution in [0.4, 0.5) is 14.4 Å². The molecule has 40 heavy (non-hydrogen) atoms. The van der Waals surface area contributed by atoms with Crippen LogP contribution in [0.1, 0.15) is 168 Å². The van der Waals surface area contributed by atoms with Gasteiger partial charge in [-0.05, 0) is 12.8 Å². The molecule has 0 aromatic carbocycles. The number of unbranched alkanes of at least 4 members (excludes halogenated alkanes) is 22. The van der Waals surface area contributed by atoms with Gasteiger partial charge in [0.25, 0.3) is 0 Å². The van der Waals surface area contributed by atoms with E-state index in [1.165, 1.54) is 116 Å². The van der Waals surface area contributed by atoms with Gasteiger partial charge in [0.2, 0.25) is 0 Å². The predicted octanol–water partition coefficient (Wildman–Crippen LogP) is 10.8. The summed E-state index contributed by atoms with van der Waals surface area (Å²) in [6.45, 7) is 5.04. The van der Waals surface area contributed by atoms with Crippen LogP contribution in [0.25, 0.3) is 0 Å². The molecule has 0 rings (SSSR count). The van der Waals surface area contributed by atoms with Crippen molar-refractivity contribution in [1.29, 1.82) is 0 Å². The SMILES string of the molecule is CCCCCCCCCCCCCCOC(=O)OOC(=O)OCCCCCCCCCCCCCC.O=C(O)O. The molecule has 0 aliphatic rings. The predicted molar refractivity (Wildman–Crippen MR) is 158 cm³/mol. The van der Waals surface area contributed by atoms with Gasteiger partial charge in [-0.3, -0.25) is 0 Å². The molecular weight excluding hydrogens is 516 g/mol. The maximum atomic E-state index is 11.5. The standard InChI is InChI=1S/C30H58O6.CH2O3/c1-3-5-7-9-11-13-15-17-19-21-23-25-27-33-29(31)35-36-30(32)34-28-26-24-22-20-18-16-14-12-10-8-6-4-2;2-1(3)4/h3-28H2,1-2H3;(H2,2,3,4). The van der Waals surface area contributed by atoms with Gasteiger partial charge in [-0.1, -0.05) is 155 Å². The minimum absolute atomic E-state index is 0.271. The molecule has 0 aromatic heterocycles. The molecule has 0 saturated carbocycles. The highest BCUT2D eigenvalue weighted by molar-refractivity contribution is 5.63. The van der Waals surface area contributed by atoms with Crippen LogP contribution in [0.2, 0.25) is 0 Å². The average molecular weight is 577 g/mol. The highest BCUT2D eigenvalue weighted by Gasteiger charge is 2.11. The maximum Gasteiger partial charge on any atom is 0.549 e. The Morgan fingerprint density at radius 2 is 0.600 bits per heavy atom. The Hall–Kier alpha value is -2.19. The summed E-state index contributed by atoms with van der Waals surface area (Å²) >= 11 is 0. The third-order valence-electron chi connectivity index (χ3n) is 6.61. The van der Waals surface area contributed by atoms with Crippen LogP contribution >= 0.6 is 0 Å². The van der Waals surface area contributed by atoms with Gasteiger partial charge in [0, 0.05) is 0 Å². The van der Waals surface area contributed by atoms with Crippen molar-refractivity contribution in [3.63, 3.8) is 0 Å². The van der Waals surface area contributed by atoms with Crippen molar-refractivity contribution in [2.24, 2.45) is 0 Å². The number of hydrogen-bond donors (Lipinski definition) is 2. The molecule has 2 N–H and O–H groups in total. The lowest BCUT2D eigenvalue weighted by atomic mass is 10.1. The van der Waals surface area contributed by atoms with Crippen molar-refractivity contribution in [3.8, 4) is 0 Å². The Kier molecular flexibility index (Phi) is 34.8. The molecule has 0 amide bonds. The topological polar surface area (TPSA) is 129 Å². The molecule has 9 heteroatoms. The minimum atomic E-state index is -1.83. The second-order valence-corrected chi connectivity index (χ2v) is 10.4. The Morgan fingerprint density at radius 1 is 0.400 bits per heavy atom. The fraction of sp³-hybridized carbons (Fsp3) is 0.903. The second kappa shape index (κ2) is 34.8. The lowest BCUT2D eigenvalue weighted by Gasteiger charge is -2.06. The molecule has 9 nitrogen and oxygen atoms in total. The summed E-state index contributed by atoms with van der Waals surface area (Å²) in [5, 5.41) is 13.9. The summed E-state index contributed by atoms with van der Waals surface area (Å²) in [7, 11) is 0. The lowest BCUT2D eigenvalue weighted by molar-refractivity contribution is -0.217. The van der Waals surface area contributed by atoms with E-state index >= 15 is 0 Å². The normalized spacial score (nSPS) is 10.3. The molecule has 0 bridgehead atoms. The van der Waals surface area contributed by atoms with Gasteiger partial charge in [-0.15, -0.1) is 0 Å². The van der Waals surface area contributed by atoms with Crippen LogP contribution in [-0.4, -0.2) is 41.9 Å². The van der Waals surface area contributed by atoms with Crippen molar-refractivity contribution in [2.75, 3.05) is 13.2 Å². The van der Waals surface area contributed by atoms with E-state index in [9.17, 15) is 9.59 Å². The van der Waals surface area contributed by atoms with Crippen LogP contribution in [-0.2, 0) is 19.2 Å². The Balaban J connectivity index is 0. The van der Waals surface area contributed by atoms with Gasteiger partial charge in [-0.25, -0.2) is 4.79 Å². The summed E-state index contributed by atoms with van der Waals surface area (Å²) in [5.74, 6) is 0. The van der Waals surface area contributed by atoms with Gasteiger partial charge < -0.3 is 19.7 Å². The van der Waals surface area contributed by atoms with Gasteiger partial charge in [0.15, 0.2) is 0 Å². The number of carbonyl (C=O) groups excluding carboxylic acids is 2. The number of rotatable bonds is 26. The van der Waals surface area contributed by atoms with E-state index in [0.29, 0.717) is 0 Å². The summed E-state index contributed by atoms with van der Waals surface area (Å²) in [5.41, 5.74) is 0. The third-order valence-corrected chi connectivity index (χ3v) is 6.61. The molecule has 0 fully saturated rings. The summed E-state index contributed by atoms with van der Waals surface area (Å²) in [6.07, 6.45) is 26.0. The summed E-state index contributed by atoms with van der Waals surface area (Å²) in [4.78, 5) is 40.2. The van der Waals surface area contributed by atoms with E-state index in [1.807, 2.05) is 0 Å². The summed E-state index contributed by atoms with van der Waals surface area (Å²) in [6, 6.07) is 0. The van der Waals surface area contributed by atoms with Crippen LogP contribution in [0.3, 0.4) is 0 Å². The molecular formula is C31H60O9. The Bertz CT molecular complexity index is 509. The molecule has 0 heterocycles. The van der Waals surface area contributed by atoms with E-state index in [4.69, 9.17) is 24.5 Å². The summed E-state index contributed by atoms with van der Waals surface area (Å²) < 4.78 is 9.83. The first-order chi connectivity index (χ1) is 19.4. The van der Waals surface area contributed by atoms with Gasteiger partial charge in [0.1, 0.15) is 0 Å². The molecule has 0 unspecified atom stereocenters. The van der Waals surface area contributed by atoms with E-state index < -0.39 is 18.5 Å². The van der Waals surface area contributed by atoms with Crippen molar-refractivity contribution < 1.29 is 43.8 Å². The van der Waals surface area contributed by atoms with Crippen LogP contribution in [0, 0.1) is 0 Å². The van der Waals surface area contributed by atoms with E-state index in [0.717, 1.165) is 38.5 Å². The van der Waals surface area contributed by atoms with Gasteiger partial charge >= 0.3 is 18.5 Å². The van der Waals surface area contributed by atoms with Crippen molar-refractivity contribution in [2.45, 2.75) is 168 Å². The van der Waals surface area contributed by atoms with Crippen LogP contribution in [0.15, 0.2) is 0 Å². The highest BCUT2D eigenvalue weighted by atomic mass is 17.3. The van der Waals surface area contributed by atoms with E-state index in [2.05, 4.69) is 23.6 Å². The smallest absolute Gasteiger partial charge is 0.450 e. The quantitative estimate of drug-likeness (QED) is 0.0447. The van der Waals surface area contributed by atoms with E-state index in [1.54, 1.807) is 0 Å². The average Bonchev–Trinajstić information content (AvgIpc) is 2.92. The van der Waals surface area contributed by atoms with Crippen molar-refractivity contribution in [1.82, 2.24) is 0 Å². The molecule has 0 spiro atoms. The highest BCUT2D eigenvalue weighted by Crippen LogP contribution is 2.13. The zero-order chi connectivity index (χ0) is 29.9. The molecule has 238 valence electrons.